The Bertz CT molecular complexity index is 401. The van der Waals surface area contributed by atoms with E-state index in [9.17, 15) is 4.79 Å². The van der Waals surface area contributed by atoms with Crippen molar-refractivity contribution in [2.75, 3.05) is 6.54 Å². The SMILES string of the molecule is CC(C)(N)CNC(=O)c1cc(Cl)ccc1I. The van der Waals surface area contributed by atoms with Crippen molar-refractivity contribution < 1.29 is 4.79 Å². The molecule has 0 aliphatic rings. The van der Waals surface area contributed by atoms with Crippen molar-refractivity contribution in [3.63, 3.8) is 0 Å². The third-order valence-electron chi connectivity index (χ3n) is 1.88. The van der Waals surface area contributed by atoms with E-state index in [4.69, 9.17) is 17.3 Å². The summed E-state index contributed by atoms with van der Waals surface area (Å²) in [4.78, 5) is 11.8. The highest BCUT2D eigenvalue weighted by Gasteiger charge is 2.15. The molecule has 1 aromatic carbocycles. The van der Waals surface area contributed by atoms with Gasteiger partial charge in [0.15, 0.2) is 0 Å². The molecule has 0 fully saturated rings. The topological polar surface area (TPSA) is 55.1 Å². The molecule has 0 spiro atoms. The highest BCUT2D eigenvalue weighted by molar-refractivity contribution is 14.1. The lowest BCUT2D eigenvalue weighted by atomic mass is 10.1. The van der Waals surface area contributed by atoms with Crippen molar-refractivity contribution in [2.24, 2.45) is 5.73 Å². The quantitative estimate of drug-likeness (QED) is 0.821. The second-order valence-corrected chi connectivity index (χ2v) is 5.89. The Labute approximate surface area is 114 Å². The summed E-state index contributed by atoms with van der Waals surface area (Å²) in [6, 6.07) is 5.22. The van der Waals surface area contributed by atoms with Crippen LogP contribution in [0.25, 0.3) is 0 Å². The lowest BCUT2D eigenvalue weighted by Gasteiger charge is -2.19. The molecular weight excluding hydrogens is 338 g/mol. The minimum atomic E-state index is -0.417. The number of carbonyl (C=O) groups is 1. The summed E-state index contributed by atoms with van der Waals surface area (Å²) in [5, 5.41) is 3.33. The molecule has 1 amide bonds. The molecule has 0 bridgehead atoms. The third-order valence-corrected chi connectivity index (χ3v) is 3.05. The van der Waals surface area contributed by atoms with Crippen molar-refractivity contribution in [2.45, 2.75) is 19.4 Å². The van der Waals surface area contributed by atoms with Crippen LogP contribution in [0.3, 0.4) is 0 Å². The fraction of sp³-hybridized carbons (Fsp3) is 0.364. The summed E-state index contributed by atoms with van der Waals surface area (Å²) in [6.07, 6.45) is 0. The number of amides is 1. The standard InChI is InChI=1S/C11H14ClIN2O/c1-11(2,14)6-15-10(16)8-5-7(12)3-4-9(8)13/h3-5H,6,14H2,1-2H3,(H,15,16). The second kappa shape index (κ2) is 5.33. The van der Waals surface area contributed by atoms with Gasteiger partial charge in [-0.2, -0.15) is 0 Å². The molecule has 0 saturated carbocycles. The van der Waals surface area contributed by atoms with Crippen LogP contribution in [0.2, 0.25) is 5.02 Å². The summed E-state index contributed by atoms with van der Waals surface area (Å²) in [6.45, 7) is 4.14. The molecule has 88 valence electrons. The molecule has 16 heavy (non-hydrogen) atoms. The maximum atomic E-state index is 11.8. The first kappa shape index (κ1) is 13.7. The molecule has 1 rings (SSSR count). The molecular formula is C11H14ClIN2O. The van der Waals surface area contributed by atoms with Crippen LogP contribution in [-0.4, -0.2) is 18.0 Å². The van der Waals surface area contributed by atoms with Gasteiger partial charge in [-0.25, -0.2) is 0 Å². The Balaban J connectivity index is 2.77. The van der Waals surface area contributed by atoms with E-state index in [2.05, 4.69) is 27.9 Å². The Morgan fingerprint density at radius 3 is 2.75 bits per heavy atom. The van der Waals surface area contributed by atoms with Gasteiger partial charge in [-0.3, -0.25) is 4.79 Å². The predicted molar refractivity (Wildman–Crippen MR) is 74.8 cm³/mol. The van der Waals surface area contributed by atoms with Crippen LogP contribution in [-0.2, 0) is 0 Å². The van der Waals surface area contributed by atoms with Gasteiger partial charge in [0.05, 0.1) is 5.56 Å². The predicted octanol–water partition coefficient (Wildman–Crippen LogP) is 2.41. The van der Waals surface area contributed by atoms with Gasteiger partial charge in [-0.1, -0.05) is 11.6 Å². The molecule has 0 unspecified atom stereocenters. The van der Waals surface area contributed by atoms with Crippen LogP contribution >= 0.6 is 34.2 Å². The Morgan fingerprint density at radius 2 is 2.19 bits per heavy atom. The van der Waals surface area contributed by atoms with Gasteiger partial charge in [0.1, 0.15) is 0 Å². The number of halogens is 2. The van der Waals surface area contributed by atoms with Crippen LogP contribution < -0.4 is 11.1 Å². The molecule has 0 aliphatic heterocycles. The normalized spacial score (nSPS) is 11.3. The number of nitrogens with one attached hydrogen (secondary N) is 1. The zero-order chi connectivity index (χ0) is 12.3. The molecule has 0 atom stereocenters. The largest absolute Gasteiger partial charge is 0.350 e. The number of benzene rings is 1. The molecule has 5 heteroatoms. The van der Waals surface area contributed by atoms with Gasteiger partial charge in [-0.15, -0.1) is 0 Å². The van der Waals surface area contributed by atoms with E-state index in [1.807, 2.05) is 19.9 Å². The summed E-state index contributed by atoms with van der Waals surface area (Å²) in [5.41, 5.74) is 5.95. The van der Waals surface area contributed by atoms with Crippen molar-refractivity contribution in [1.29, 1.82) is 0 Å². The second-order valence-electron chi connectivity index (χ2n) is 4.30. The van der Waals surface area contributed by atoms with Crippen LogP contribution in [0, 0.1) is 3.57 Å². The van der Waals surface area contributed by atoms with Gasteiger partial charge < -0.3 is 11.1 Å². The molecule has 0 aliphatic carbocycles. The molecule has 0 aromatic heterocycles. The van der Waals surface area contributed by atoms with Crippen molar-refractivity contribution in [3.8, 4) is 0 Å². The van der Waals surface area contributed by atoms with Crippen LogP contribution in [0.5, 0.6) is 0 Å². The van der Waals surface area contributed by atoms with Crippen LogP contribution in [0.4, 0.5) is 0 Å². The molecule has 3 nitrogen and oxygen atoms in total. The fourth-order valence-electron chi connectivity index (χ4n) is 1.07. The third kappa shape index (κ3) is 4.27. The number of hydrogen-bond donors (Lipinski definition) is 2. The maximum absolute atomic E-state index is 11.8. The molecule has 0 radical (unpaired) electrons. The Morgan fingerprint density at radius 1 is 1.56 bits per heavy atom. The molecule has 0 heterocycles. The van der Waals surface area contributed by atoms with E-state index < -0.39 is 5.54 Å². The van der Waals surface area contributed by atoms with Gasteiger partial charge >= 0.3 is 0 Å². The first-order chi connectivity index (χ1) is 7.29. The van der Waals surface area contributed by atoms with Gasteiger partial charge in [0, 0.05) is 20.7 Å². The van der Waals surface area contributed by atoms with E-state index in [1.165, 1.54) is 0 Å². The van der Waals surface area contributed by atoms with E-state index in [1.54, 1.807) is 12.1 Å². The lowest BCUT2D eigenvalue weighted by Crippen LogP contribution is -2.45. The highest BCUT2D eigenvalue weighted by Crippen LogP contribution is 2.17. The zero-order valence-electron chi connectivity index (χ0n) is 9.18. The van der Waals surface area contributed by atoms with Crippen molar-refractivity contribution >= 4 is 40.1 Å². The summed E-state index contributed by atoms with van der Waals surface area (Å²) < 4.78 is 0.870. The minimum absolute atomic E-state index is 0.148. The summed E-state index contributed by atoms with van der Waals surface area (Å²) in [7, 11) is 0. The number of hydrogen-bond acceptors (Lipinski definition) is 2. The molecule has 3 N–H and O–H groups in total. The average Bonchev–Trinajstić information content (AvgIpc) is 2.17. The smallest absolute Gasteiger partial charge is 0.252 e. The first-order valence-corrected chi connectivity index (χ1v) is 6.27. The van der Waals surface area contributed by atoms with E-state index in [-0.39, 0.29) is 5.91 Å². The zero-order valence-corrected chi connectivity index (χ0v) is 12.1. The molecule has 0 saturated heterocycles. The van der Waals surface area contributed by atoms with Crippen molar-refractivity contribution in [3.05, 3.63) is 32.4 Å². The van der Waals surface area contributed by atoms with Crippen molar-refractivity contribution in [1.82, 2.24) is 5.32 Å². The maximum Gasteiger partial charge on any atom is 0.252 e. The fourth-order valence-corrected chi connectivity index (χ4v) is 1.83. The lowest BCUT2D eigenvalue weighted by molar-refractivity contribution is 0.0945. The van der Waals surface area contributed by atoms with E-state index >= 15 is 0 Å². The Kier molecular flexibility index (Phi) is 4.58. The van der Waals surface area contributed by atoms with E-state index in [0.717, 1.165) is 3.57 Å². The minimum Gasteiger partial charge on any atom is -0.350 e. The highest BCUT2D eigenvalue weighted by atomic mass is 127. The van der Waals surface area contributed by atoms with Gasteiger partial charge in [-0.05, 0) is 54.6 Å². The van der Waals surface area contributed by atoms with Crippen LogP contribution in [0.15, 0.2) is 18.2 Å². The number of carbonyl (C=O) groups excluding carboxylic acids is 1. The van der Waals surface area contributed by atoms with E-state index in [0.29, 0.717) is 17.1 Å². The summed E-state index contributed by atoms with van der Waals surface area (Å²) in [5.74, 6) is -0.148. The summed E-state index contributed by atoms with van der Waals surface area (Å²) >= 11 is 7.95. The van der Waals surface area contributed by atoms with Crippen LogP contribution in [0.1, 0.15) is 24.2 Å². The molecule has 1 aromatic rings. The monoisotopic (exact) mass is 352 g/mol. The number of rotatable bonds is 3. The number of nitrogens with two attached hydrogens (primary N) is 1. The van der Waals surface area contributed by atoms with Gasteiger partial charge in [0.2, 0.25) is 0 Å². The average molecular weight is 353 g/mol. The first-order valence-electron chi connectivity index (χ1n) is 4.82. The van der Waals surface area contributed by atoms with Gasteiger partial charge in [0.25, 0.3) is 5.91 Å². The Hall–Kier alpha value is -0.330.